The van der Waals surface area contributed by atoms with E-state index in [-0.39, 0.29) is 23.8 Å². The molecule has 7 nitrogen and oxygen atoms in total. The summed E-state index contributed by atoms with van der Waals surface area (Å²) in [4.78, 5) is 31.0. The lowest BCUT2D eigenvalue weighted by Gasteiger charge is -2.31. The van der Waals surface area contributed by atoms with Gasteiger partial charge in [0.2, 0.25) is 11.8 Å². The van der Waals surface area contributed by atoms with Crippen molar-refractivity contribution in [1.82, 2.24) is 4.98 Å². The first-order chi connectivity index (χ1) is 17.0. The Kier molecular flexibility index (Phi) is 7.04. The third kappa shape index (κ3) is 5.06. The van der Waals surface area contributed by atoms with E-state index in [4.69, 9.17) is 4.74 Å². The first-order valence-electron chi connectivity index (χ1n) is 13.1. The van der Waals surface area contributed by atoms with Crippen molar-refractivity contribution < 1.29 is 14.3 Å². The van der Waals surface area contributed by atoms with Gasteiger partial charge in [-0.25, -0.2) is 4.98 Å². The summed E-state index contributed by atoms with van der Waals surface area (Å²) in [6, 6.07) is 9.40. The summed E-state index contributed by atoms with van der Waals surface area (Å²) >= 11 is 0. The maximum absolute atomic E-state index is 13.6. The van der Waals surface area contributed by atoms with Crippen LogP contribution in [0.4, 0.5) is 17.2 Å². The Morgan fingerprint density at radius 1 is 1.09 bits per heavy atom. The number of ether oxygens (including phenoxy) is 1. The fraction of sp³-hybridized carbons (Fsp3) is 0.536. The number of benzene rings is 1. The maximum atomic E-state index is 13.6. The highest BCUT2D eigenvalue weighted by atomic mass is 16.5. The van der Waals surface area contributed by atoms with Gasteiger partial charge in [0.15, 0.2) is 0 Å². The van der Waals surface area contributed by atoms with Crippen molar-refractivity contribution in [1.29, 1.82) is 0 Å². The van der Waals surface area contributed by atoms with Crippen LogP contribution in [-0.2, 0) is 19.7 Å². The van der Waals surface area contributed by atoms with Gasteiger partial charge in [-0.1, -0.05) is 44.2 Å². The number of carbonyl (C=O) groups is 2. The second-order valence-corrected chi connectivity index (χ2v) is 10.3. The quantitative estimate of drug-likeness (QED) is 0.554. The number of anilines is 3. The molecule has 2 aliphatic heterocycles. The number of aromatic nitrogens is 1. The van der Waals surface area contributed by atoms with E-state index in [1.807, 2.05) is 43.5 Å². The van der Waals surface area contributed by atoms with Crippen LogP contribution in [0.3, 0.4) is 0 Å². The van der Waals surface area contributed by atoms with Gasteiger partial charge in [-0.3, -0.25) is 9.59 Å². The third-order valence-corrected chi connectivity index (χ3v) is 7.95. The second kappa shape index (κ2) is 10.4. The van der Waals surface area contributed by atoms with Crippen molar-refractivity contribution in [3.63, 3.8) is 0 Å². The SMILES string of the molecule is Cc1ccc(NC(C(=O)Nc2ccc3c(c2)NC(=O)C32CCOCC2)C2CCCCCCC2)nc1. The summed E-state index contributed by atoms with van der Waals surface area (Å²) in [5.74, 6) is 0.959. The highest BCUT2D eigenvalue weighted by molar-refractivity contribution is 6.07. The lowest BCUT2D eigenvalue weighted by Crippen LogP contribution is -2.41. The zero-order chi connectivity index (χ0) is 24.3. The minimum atomic E-state index is -0.504. The van der Waals surface area contributed by atoms with Crippen molar-refractivity contribution in [2.45, 2.75) is 76.2 Å². The van der Waals surface area contributed by atoms with Crippen molar-refractivity contribution in [3.05, 3.63) is 47.7 Å². The molecule has 5 rings (SSSR count). The molecule has 3 heterocycles. The van der Waals surface area contributed by atoms with Crippen LogP contribution in [0, 0.1) is 12.8 Å². The summed E-state index contributed by atoms with van der Waals surface area (Å²) in [5.41, 5.74) is 3.10. The van der Waals surface area contributed by atoms with E-state index in [2.05, 4.69) is 20.9 Å². The zero-order valence-corrected chi connectivity index (χ0v) is 20.6. The lowest BCUT2D eigenvalue weighted by molar-refractivity contribution is -0.124. The molecule has 1 unspecified atom stereocenters. The van der Waals surface area contributed by atoms with Crippen LogP contribution < -0.4 is 16.0 Å². The molecule has 1 aromatic carbocycles. The molecule has 3 N–H and O–H groups in total. The fourth-order valence-corrected chi connectivity index (χ4v) is 5.87. The predicted octanol–water partition coefficient (Wildman–Crippen LogP) is 5.17. The Hall–Kier alpha value is -2.93. The first-order valence-corrected chi connectivity index (χ1v) is 13.1. The molecule has 2 aromatic rings. The standard InChI is InChI=1S/C28H36N4O3/c1-19-9-12-24(29-18-19)32-25(20-7-5-3-2-4-6-8-20)26(33)30-21-10-11-22-23(17-21)31-27(34)28(22)13-15-35-16-14-28/h9-12,17-18,20,25H,2-8,13-16H2,1H3,(H,29,32)(H,30,33)(H,31,34). The van der Waals surface area contributed by atoms with Gasteiger partial charge < -0.3 is 20.7 Å². The number of hydrogen-bond donors (Lipinski definition) is 3. The van der Waals surface area contributed by atoms with Gasteiger partial charge in [-0.15, -0.1) is 0 Å². The summed E-state index contributed by atoms with van der Waals surface area (Å²) in [6.45, 7) is 3.19. The fourth-order valence-electron chi connectivity index (χ4n) is 5.87. The van der Waals surface area contributed by atoms with Crippen LogP contribution in [0.5, 0.6) is 0 Å². The normalized spacial score (nSPS) is 20.9. The summed E-state index contributed by atoms with van der Waals surface area (Å²) in [5, 5.41) is 9.63. The van der Waals surface area contributed by atoms with Crippen LogP contribution in [0.1, 0.15) is 68.9 Å². The first kappa shape index (κ1) is 23.8. The van der Waals surface area contributed by atoms with Crippen molar-refractivity contribution >= 4 is 29.0 Å². The molecule has 35 heavy (non-hydrogen) atoms. The van der Waals surface area contributed by atoms with Gasteiger partial charge in [-0.05, 0) is 67.9 Å². The highest BCUT2D eigenvalue weighted by Crippen LogP contribution is 2.45. The Balaban J connectivity index is 1.36. The molecular weight excluding hydrogens is 440 g/mol. The number of nitrogens with zero attached hydrogens (tertiary/aromatic N) is 1. The maximum Gasteiger partial charge on any atom is 0.247 e. The molecule has 1 spiro atoms. The van der Waals surface area contributed by atoms with E-state index >= 15 is 0 Å². The monoisotopic (exact) mass is 476 g/mol. The average molecular weight is 477 g/mol. The Labute approximate surface area is 207 Å². The minimum absolute atomic E-state index is 0.0405. The van der Waals surface area contributed by atoms with Gasteiger partial charge in [0.05, 0.1) is 5.41 Å². The minimum Gasteiger partial charge on any atom is -0.381 e. The number of nitrogens with one attached hydrogen (secondary N) is 3. The van der Waals surface area contributed by atoms with Crippen molar-refractivity contribution in [2.24, 2.45) is 5.92 Å². The summed E-state index contributed by atoms with van der Waals surface area (Å²) < 4.78 is 5.50. The number of aryl methyl sites for hydroxylation is 1. The highest BCUT2D eigenvalue weighted by Gasteiger charge is 2.47. The lowest BCUT2D eigenvalue weighted by atomic mass is 9.75. The molecule has 2 amide bonds. The number of rotatable bonds is 5. The third-order valence-electron chi connectivity index (χ3n) is 7.95. The average Bonchev–Trinajstić information content (AvgIpc) is 3.09. The molecule has 0 bridgehead atoms. The van der Waals surface area contributed by atoms with Gasteiger partial charge in [0.25, 0.3) is 0 Å². The molecule has 1 atom stereocenters. The molecule has 7 heteroatoms. The van der Waals surface area contributed by atoms with Gasteiger partial charge >= 0.3 is 0 Å². The van der Waals surface area contributed by atoms with Gasteiger partial charge in [-0.2, -0.15) is 0 Å². The van der Waals surface area contributed by atoms with Crippen LogP contribution in [0.15, 0.2) is 36.5 Å². The Morgan fingerprint density at radius 3 is 2.54 bits per heavy atom. The molecule has 1 aliphatic carbocycles. The van der Waals surface area contributed by atoms with E-state index in [1.165, 1.54) is 19.3 Å². The van der Waals surface area contributed by atoms with Crippen LogP contribution in [-0.4, -0.2) is 36.1 Å². The molecule has 1 saturated heterocycles. The van der Waals surface area contributed by atoms with E-state index in [1.54, 1.807) is 0 Å². The number of fused-ring (bicyclic) bond motifs is 2. The zero-order valence-electron chi connectivity index (χ0n) is 20.6. The molecule has 1 saturated carbocycles. The second-order valence-electron chi connectivity index (χ2n) is 10.3. The van der Waals surface area contributed by atoms with Crippen molar-refractivity contribution in [3.8, 4) is 0 Å². The number of hydrogen-bond acceptors (Lipinski definition) is 5. The van der Waals surface area contributed by atoms with E-state index in [9.17, 15) is 9.59 Å². The molecular formula is C28H36N4O3. The number of carbonyl (C=O) groups excluding carboxylic acids is 2. The number of amides is 2. The van der Waals surface area contributed by atoms with E-state index in [0.29, 0.717) is 31.7 Å². The van der Waals surface area contributed by atoms with Gasteiger partial charge in [0.1, 0.15) is 11.9 Å². The largest absolute Gasteiger partial charge is 0.381 e. The van der Waals surface area contributed by atoms with Crippen LogP contribution in [0.2, 0.25) is 0 Å². The summed E-state index contributed by atoms with van der Waals surface area (Å²) in [6.07, 6.45) is 11.3. The Morgan fingerprint density at radius 2 is 1.83 bits per heavy atom. The molecule has 2 fully saturated rings. The van der Waals surface area contributed by atoms with Gasteiger partial charge in [0, 0.05) is 30.8 Å². The van der Waals surface area contributed by atoms with E-state index < -0.39 is 5.41 Å². The van der Waals surface area contributed by atoms with Crippen LogP contribution in [0.25, 0.3) is 0 Å². The number of pyridine rings is 1. The predicted molar refractivity (Wildman–Crippen MR) is 138 cm³/mol. The molecule has 186 valence electrons. The molecule has 0 radical (unpaired) electrons. The molecule has 3 aliphatic rings. The molecule has 1 aromatic heterocycles. The topological polar surface area (TPSA) is 92.4 Å². The van der Waals surface area contributed by atoms with E-state index in [0.717, 1.165) is 48.3 Å². The Bertz CT molecular complexity index is 1050. The van der Waals surface area contributed by atoms with Crippen LogP contribution >= 0.6 is 0 Å². The summed E-state index contributed by atoms with van der Waals surface area (Å²) in [7, 11) is 0. The van der Waals surface area contributed by atoms with Crippen molar-refractivity contribution in [2.75, 3.05) is 29.2 Å². The smallest absolute Gasteiger partial charge is 0.247 e.